The zero-order chi connectivity index (χ0) is 21.6. The Balaban J connectivity index is 1.50. The molecular weight excluding hydrogens is 394 g/mol. The van der Waals surface area contributed by atoms with E-state index >= 15 is 0 Å². The number of aromatic nitrogens is 2. The average Bonchev–Trinajstić information content (AvgIpc) is 3.06. The van der Waals surface area contributed by atoms with E-state index in [1.807, 2.05) is 12.1 Å². The molecule has 1 saturated heterocycles. The van der Waals surface area contributed by atoms with Crippen molar-refractivity contribution in [2.75, 3.05) is 40.0 Å². The van der Waals surface area contributed by atoms with Gasteiger partial charge in [0, 0.05) is 26.7 Å². The highest BCUT2D eigenvalue weighted by atomic mass is 16.5. The number of ether oxygens (including phenoxy) is 2. The molecule has 0 atom stereocenters. The number of hydrogen-bond acceptors (Lipinski definition) is 5. The molecule has 1 N–H and O–H groups in total. The largest absolute Gasteiger partial charge is 0.493 e. The standard InChI is InChI=1S/C24H29N3O4/c1-30-13-12-27-23(28)18-26(24(27)29)16-19-6-8-20(9-7-19)22-5-3-2-4-21(22)17-25-10-14-31-15-11-25/h2-9,18,28H,10-17H2,1H3. The van der Waals surface area contributed by atoms with Crippen LogP contribution in [0.15, 0.2) is 59.5 Å². The molecule has 3 aromatic rings. The van der Waals surface area contributed by atoms with E-state index in [-0.39, 0.29) is 11.6 Å². The van der Waals surface area contributed by atoms with Crippen molar-refractivity contribution in [2.45, 2.75) is 19.6 Å². The third-order valence-electron chi connectivity index (χ3n) is 5.68. The minimum Gasteiger partial charge on any atom is -0.493 e. The van der Waals surface area contributed by atoms with Crippen molar-refractivity contribution in [3.63, 3.8) is 0 Å². The van der Waals surface area contributed by atoms with Gasteiger partial charge in [-0.3, -0.25) is 14.0 Å². The van der Waals surface area contributed by atoms with Crippen LogP contribution in [0.3, 0.4) is 0 Å². The number of methoxy groups -OCH3 is 1. The number of rotatable bonds is 8. The summed E-state index contributed by atoms with van der Waals surface area (Å²) < 4.78 is 13.3. The fourth-order valence-corrected chi connectivity index (χ4v) is 3.95. The van der Waals surface area contributed by atoms with Crippen LogP contribution in [0.4, 0.5) is 0 Å². The van der Waals surface area contributed by atoms with E-state index in [0.717, 1.165) is 44.0 Å². The number of morpholine rings is 1. The molecule has 7 heteroatoms. The van der Waals surface area contributed by atoms with Crippen LogP contribution in [0.5, 0.6) is 5.88 Å². The van der Waals surface area contributed by atoms with E-state index in [0.29, 0.717) is 19.7 Å². The third-order valence-corrected chi connectivity index (χ3v) is 5.68. The Morgan fingerprint density at radius 2 is 1.77 bits per heavy atom. The zero-order valence-electron chi connectivity index (χ0n) is 17.9. The van der Waals surface area contributed by atoms with Gasteiger partial charge in [-0.05, 0) is 22.3 Å². The van der Waals surface area contributed by atoms with Crippen LogP contribution >= 0.6 is 0 Å². The van der Waals surface area contributed by atoms with E-state index in [1.165, 1.54) is 26.5 Å². The quantitative estimate of drug-likeness (QED) is 0.603. The highest BCUT2D eigenvalue weighted by Crippen LogP contribution is 2.25. The lowest BCUT2D eigenvalue weighted by Crippen LogP contribution is -2.35. The average molecular weight is 424 g/mol. The van der Waals surface area contributed by atoms with E-state index in [9.17, 15) is 9.90 Å². The third kappa shape index (κ3) is 5.07. The second-order valence-corrected chi connectivity index (χ2v) is 7.78. The summed E-state index contributed by atoms with van der Waals surface area (Å²) in [6.07, 6.45) is 1.48. The van der Waals surface area contributed by atoms with Crippen molar-refractivity contribution < 1.29 is 14.6 Å². The predicted molar refractivity (Wildman–Crippen MR) is 119 cm³/mol. The Labute approximate surface area is 182 Å². The van der Waals surface area contributed by atoms with E-state index in [1.54, 1.807) is 7.11 Å². The molecule has 0 spiro atoms. The van der Waals surface area contributed by atoms with Crippen molar-refractivity contribution in [2.24, 2.45) is 0 Å². The smallest absolute Gasteiger partial charge is 0.331 e. The van der Waals surface area contributed by atoms with Crippen molar-refractivity contribution in [3.05, 3.63) is 76.3 Å². The van der Waals surface area contributed by atoms with Crippen molar-refractivity contribution in [1.82, 2.24) is 14.0 Å². The lowest BCUT2D eigenvalue weighted by Gasteiger charge is -2.27. The Kier molecular flexibility index (Phi) is 6.86. The maximum absolute atomic E-state index is 12.5. The van der Waals surface area contributed by atoms with Gasteiger partial charge >= 0.3 is 5.69 Å². The molecule has 2 heterocycles. The fraction of sp³-hybridized carbons (Fsp3) is 0.375. The Bertz CT molecular complexity index is 1050. The summed E-state index contributed by atoms with van der Waals surface area (Å²) in [5, 5.41) is 10.0. The molecule has 0 saturated carbocycles. The number of hydrogen-bond donors (Lipinski definition) is 1. The highest BCUT2D eigenvalue weighted by Gasteiger charge is 2.14. The molecule has 0 unspecified atom stereocenters. The minimum absolute atomic E-state index is 0.0456. The van der Waals surface area contributed by atoms with Crippen molar-refractivity contribution in [3.8, 4) is 17.0 Å². The Morgan fingerprint density at radius 1 is 1.03 bits per heavy atom. The molecular formula is C24H29N3O4. The molecule has 1 fully saturated rings. The van der Waals surface area contributed by atoms with Gasteiger partial charge in [0.25, 0.3) is 0 Å². The fourth-order valence-electron chi connectivity index (χ4n) is 3.95. The second-order valence-electron chi connectivity index (χ2n) is 7.78. The summed E-state index contributed by atoms with van der Waals surface area (Å²) in [5.74, 6) is -0.0456. The zero-order valence-corrected chi connectivity index (χ0v) is 17.9. The summed E-state index contributed by atoms with van der Waals surface area (Å²) in [7, 11) is 1.57. The number of imidazole rings is 1. The van der Waals surface area contributed by atoms with E-state index in [4.69, 9.17) is 9.47 Å². The first-order valence-electron chi connectivity index (χ1n) is 10.6. The van der Waals surface area contributed by atoms with E-state index in [2.05, 4.69) is 41.3 Å². The maximum atomic E-state index is 12.5. The molecule has 4 rings (SSSR count). The minimum atomic E-state index is -0.241. The number of nitrogens with zero attached hydrogens (tertiary/aromatic N) is 3. The highest BCUT2D eigenvalue weighted by molar-refractivity contribution is 5.67. The maximum Gasteiger partial charge on any atom is 0.331 e. The lowest BCUT2D eigenvalue weighted by atomic mass is 9.98. The molecule has 2 aromatic carbocycles. The van der Waals surface area contributed by atoms with Crippen LogP contribution in [-0.2, 0) is 29.1 Å². The van der Waals surface area contributed by atoms with Crippen LogP contribution in [0, 0.1) is 0 Å². The molecule has 0 amide bonds. The summed E-state index contributed by atoms with van der Waals surface area (Å²) in [5.41, 5.74) is 4.44. The molecule has 0 bridgehead atoms. The molecule has 0 radical (unpaired) electrons. The molecule has 7 nitrogen and oxygen atoms in total. The van der Waals surface area contributed by atoms with Crippen molar-refractivity contribution in [1.29, 1.82) is 0 Å². The lowest BCUT2D eigenvalue weighted by molar-refractivity contribution is 0.0342. The molecule has 1 aliphatic rings. The number of aromatic hydroxyl groups is 1. The van der Waals surface area contributed by atoms with Crippen LogP contribution < -0.4 is 5.69 Å². The van der Waals surface area contributed by atoms with Gasteiger partial charge in [-0.25, -0.2) is 4.79 Å². The molecule has 0 aliphatic carbocycles. The SMILES string of the molecule is COCCn1c(O)cn(Cc2ccc(-c3ccccc3CN3CCOCC3)cc2)c1=O. The first-order valence-corrected chi connectivity index (χ1v) is 10.6. The second kappa shape index (κ2) is 9.96. The van der Waals surface area contributed by atoms with Gasteiger partial charge in [0.2, 0.25) is 5.88 Å². The first-order chi connectivity index (χ1) is 15.2. The summed E-state index contributed by atoms with van der Waals surface area (Å²) in [6, 6.07) is 16.8. The van der Waals surface area contributed by atoms with Gasteiger partial charge in [0.15, 0.2) is 0 Å². The Morgan fingerprint density at radius 3 is 2.52 bits per heavy atom. The van der Waals surface area contributed by atoms with Crippen LogP contribution in [0.1, 0.15) is 11.1 Å². The first kappa shape index (κ1) is 21.4. The molecule has 1 aliphatic heterocycles. The van der Waals surface area contributed by atoms with Gasteiger partial charge in [-0.2, -0.15) is 0 Å². The van der Waals surface area contributed by atoms with Gasteiger partial charge < -0.3 is 14.6 Å². The summed E-state index contributed by atoms with van der Waals surface area (Å²) in [4.78, 5) is 14.9. The van der Waals surface area contributed by atoms with Crippen molar-refractivity contribution >= 4 is 0 Å². The van der Waals surface area contributed by atoms with Crippen LogP contribution in [-0.4, -0.2) is 59.2 Å². The van der Waals surface area contributed by atoms with Crippen LogP contribution in [0.2, 0.25) is 0 Å². The van der Waals surface area contributed by atoms with Crippen LogP contribution in [0.25, 0.3) is 11.1 Å². The van der Waals surface area contributed by atoms with Gasteiger partial charge in [0.1, 0.15) is 0 Å². The normalized spacial score (nSPS) is 14.7. The van der Waals surface area contributed by atoms with Gasteiger partial charge in [-0.15, -0.1) is 0 Å². The molecule has 31 heavy (non-hydrogen) atoms. The molecule has 1 aromatic heterocycles. The predicted octanol–water partition coefficient (Wildman–Crippen LogP) is 2.55. The Hall–Kier alpha value is -2.87. The summed E-state index contributed by atoms with van der Waals surface area (Å²) in [6.45, 7) is 5.51. The van der Waals surface area contributed by atoms with Gasteiger partial charge in [0.05, 0.1) is 39.1 Å². The number of benzene rings is 2. The van der Waals surface area contributed by atoms with Gasteiger partial charge in [-0.1, -0.05) is 48.5 Å². The van der Waals surface area contributed by atoms with E-state index < -0.39 is 0 Å². The topological polar surface area (TPSA) is 68.9 Å². The molecule has 164 valence electrons. The summed E-state index contributed by atoms with van der Waals surface area (Å²) >= 11 is 0. The monoisotopic (exact) mass is 423 g/mol.